The Hall–Kier alpha value is -3.69. The van der Waals surface area contributed by atoms with Crippen LogP contribution in [0.15, 0.2) is 4.99 Å². The van der Waals surface area contributed by atoms with Crippen molar-refractivity contribution in [3.63, 3.8) is 0 Å². The number of carbonyl (C=O) groups is 4. The van der Waals surface area contributed by atoms with Crippen LogP contribution in [-0.2, 0) is 19.1 Å². The van der Waals surface area contributed by atoms with E-state index in [1.54, 1.807) is 26.2 Å². The summed E-state index contributed by atoms with van der Waals surface area (Å²) < 4.78 is 5.17. The number of hydroxylamine groups is 1. The number of carbonyl (C=O) groups excluding carboxylic acids is 4. The molecule has 0 radical (unpaired) electrons. The van der Waals surface area contributed by atoms with Crippen LogP contribution in [0, 0.1) is 16.0 Å². The number of ether oxygens (including phenoxy) is 1. The molecule has 4 amide bonds. The summed E-state index contributed by atoms with van der Waals surface area (Å²) in [4.78, 5) is 62.6. The van der Waals surface area contributed by atoms with E-state index in [9.17, 15) is 29.3 Å². The molecule has 0 aliphatic heterocycles. The van der Waals surface area contributed by atoms with Gasteiger partial charge in [-0.3, -0.25) is 19.6 Å². The molecule has 0 heterocycles. The maximum Gasteiger partial charge on any atom is 0.408 e. The van der Waals surface area contributed by atoms with E-state index in [1.807, 2.05) is 13.8 Å². The lowest BCUT2D eigenvalue weighted by atomic mass is 10.0. The SMILES string of the molecule is CC(C)C[C@H](NC(=O)OC(C)(C)C)C(=O)NCC(=O)N[C@@H](CCCN=C(N)N[N+](=O)[O-])C(=O)NO. The molecule has 0 aliphatic carbocycles. The van der Waals surface area contributed by atoms with Crippen LogP contribution in [-0.4, -0.2) is 70.8 Å². The second kappa shape index (κ2) is 15.3. The molecule has 0 aromatic carbocycles. The summed E-state index contributed by atoms with van der Waals surface area (Å²) in [6, 6.07) is -2.12. The Morgan fingerprint density at radius 3 is 2.26 bits per heavy atom. The number of alkyl carbamates (subject to hydrolysis) is 1. The Morgan fingerprint density at radius 2 is 1.74 bits per heavy atom. The molecule has 0 aromatic rings. The molecule has 200 valence electrons. The van der Waals surface area contributed by atoms with Gasteiger partial charge in [-0.1, -0.05) is 19.3 Å². The molecule has 0 aromatic heterocycles. The number of rotatable bonds is 13. The van der Waals surface area contributed by atoms with E-state index in [1.165, 1.54) is 5.48 Å². The minimum absolute atomic E-state index is 0.00169. The van der Waals surface area contributed by atoms with Gasteiger partial charge in [0, 0.05) is 6.54 Å². The first-order chi connectivity index (χ1) is 16.1. The number of nitrogens with two attached hydrogens (primary N) is 1. The van der Waals surface area contributed by atoms with Crippen molar-refractivity contribution in [2.45, 2.75) is 71.6 Å². The van der Waals surface area contributed by atoms with Crippen molar-refractivity contribution in [1.82, 2.24) is 26.9 Å². The number of aliphatic imine (C=N–C) groups is 1. The van der Waals surface area contributed by atoms with Crippen LogP contribution in [0.5, 0.6) is 0 Å². The maximum absolute atomic E-state index is 12.6. The molecule has 0 aliphatic rings. The van der Waals surface area contributed by atoms with Gasteiger partial charge in [0.05, 0.1) is 6.54 Å². The van der Waals surface area contributed by atoms with Crippen LogP contribution in [0.3, 0.4) is 0 Å². The van der Waals surface area contributed by atoms with E-state index in [-0.39, 0.29) is 31.7 Å². The van der Waals surface area contributed by atoms with Gasteiger partial charge in [0.25, 0.3) is 11.9 Å². The normalized spacial score (nSPS) is 13.3. The lowest BCUT2D eigenvalue weighted by Crippen LogP contribution is -2.52. The lowest BCUT2D eigenvalue weighted by Gasteiger charge is -2.24. The minimum atomic E-state index is -1.17. The fourth-order valence-electron chi connectivity index (χ4n) is 2.66. The van der Waals surface area contributed by atoms with E-state index in [0.29, 0.717) is 0 Å². The minimum Gasteiger partial charge on any atom is -0.444 e. The van der Waals surface area contributed by atoms with Gasteiger partial charge in [-0.05, 0) is 46.0 Å². The molecule has 8 N–H and O–H groups in total. The summed E-state index contributed by atoms with van der Waals surface area (Å²) in [5, 5.41) is 25.5. The highest BCUT2D eigenvalue weighted by atomic mass is 16.7. The second-order valence-corrected chi connectivity index (χ2v) is 8.92. The summed E-state index contributed by atoms with van der Waals surface area (Å²) in [5.41, 5.74) is 7.60. The second-order valence-electron chi connectivity index (χ2n) is 8.92. The molecule has 0 rings (SSSR count). The zero-order valence-electron chi connectivity index (χ0n) is 20.5. The molecule has 2 atom stereocenters. The third-order valence-electron chi connectivity index (χ3n) is 4.04. The highest BCUT2D eigenvalue weighted by Crippen LogP contribution is 2.09. The standard InChI is InChI=1S/C19H36N8O8/c1-11(2)9-13(24-18(31)35-19(3,4)5)15(29)22-10-14(28)23-12(16(30)26-32)7-6-8-21-17(20)25-27(33)34/h11-13,32H,6-10H2,1-5H3,(H,22,29)(H,23,28)(H,24,31)(H,26,30)(H3,20,21,25)/t12-,13-/m0/s1. The van der Waals surface area contributed by atoms with Crippen LogP contribution < -0.4 is 32.6 Å². The van der Waals surface area contributed by atoms with Gasteiger partial charge in [0.15, 0.2) is 5.03 Å². The Balaban J connectivity index is 4.87. The summed E-state index contributed by atoms with van der Waals surface area (Å²) in [5.74, 6) is -2.64. The van der Waals surface area contributed by atoms with Crippen molar-refractivity contribution in [3.8, 4) is 0 Å². The molecular weight excluding hydrogens is 468 g/mol. The first-order valence-corrected chi connectivity index (χ1v) is 10.9. The Kier molecular flexibility index (Phi) is 13.6. The van der Waals surface area contributed by atoms with Crippen molar-refractivity contribution >= 4 is 29.8 Å². The average Bonchev–Trinajstić information content (AvgIpc) is 2.70. The van der Waals surface area contributed by atoms with Gasteiger partial charge < -0.3 is 26.4 Å². The summed E-state index contributed by atoms with van der Waals surface area (Å²) >= 11 is 0. The topological polar surface area (TPSA) is 239 Å². The molecule has 16 nitrogen and oxygen atoms in total. The number of hydrazine groups is 1. The van der Waals surface area contributed by atoms with Gasteiger partial charge in [-0.2, -0.15) is 0 Å². The van der Waals surface area contributed by atoms with E-state index in [0.717, 1.165) is 0 Å². The van der Waals surface area contributed by atoms with E-state index in [2.05, 4.69) is 20.9 Å². The number of nitrogens with zero attached hydrogens (tertiary/aromatic N) is 2. The summed E-state index contributed by atoms with van der Waals surface area (Å²) in [6.45, 7) is 8.24. The maximum atomic E-state index is 12.6. The van der Waals surface area contributed by atoms with Crippen LogP contribution in [0.2, 0.25) is 0 Å². The zero-order valence-corrected chi connectivity index (χ0v) is 20.5. The Bertz CT molecular complexity index is 781. The van der Waals surface area contributed by atoms with Crippen molar-refractivity contribution in [2.75, 3.05) is 13.1 Å². The molecule has 0 fully saturated rings. The van der Waals surface area contributed by atoms with Crippen molar-refractivity contribution in [1.29, 1.82) is 0 Å². The molecule has 0 unspecified atom stereocenters. The fourth-order valence-corrected chi connectivity index (χ4v) is 2.66. The van der Waals surface area contributed by atoms with E-state index in [4.69, 9.17) is 15.7 Å². The summed E-state index contributed by atoms with van der Waals surface area (Å²) in [6.07, 6.45) is -0.297. The van der Waals surface area contributed by atoms with Crippen LogP contribution in [0.4, 0.5) is 4.79 Å². The van der Waals surface area contributed by atoms with Crippen molar-refractivity contribution in [3.05, 3.63) is 10.1 Å². The van der Waals surface area contributed by atoms with Gasteiger partial charge in [0.1, 0.15) is 17.7 Å². The highest BCUT2D eigenvalue weighted by molar-refractivity contribution is 5.91. The highest BCUT2D eigenvalue weighted by Gasteiger charge is 2.26. The Labute approximate surface area is 202 Å². The first-order valence-electron chi connectivity index (χ1n) is 10.9. The number of hydrogen-bond donors (Lipinski definition) is 7. The van der Waals surface area contributed by atoms with Gasteiger partial charge in [-0.15, -0.1) is 0 Å². The third-order valence-corrected chi connectivity index (χ3v) is 4.04. The zero-order chi connectivity index (χ0) is 27.2. The fraction of sp³-hybridized carbons (Fsp3) is 0.737. The number of hydrogen-bond acceptors (Lipinski definition) is 9. The molecule has 35 heavy (non-hydrogen) atoms. The summed E-state index contributed by atoms with van der Waals surface area (Å²) in [7, 11) is 0. The Morgan fingerprint density at radius 1 is 1.11 bits per heavy atom. The predicted octanol–water partition coefficient (Wildman–Crippen LogP) is -1.09. The van der Waals surface area contributed by atoms with Crippen molar-refractivity contribution in [2.24, 2.45) is 16.6 Å². The van der Waals surface area contributed by atoms with Gasteiger partial charge in [0.2, 0.25) is 11.8 Å². The lowest BCUT2D eigenvalue weighted by molar-refractivity contribution is -0.525. The number of nitrogens with one attached hydrogen (secondary N) is 5. The van der Waals surface area contributed by atoms with Crippen LogP contribution >= 0.6 is 0 Å². The monoisotopic (exact) mass is 504 g/mol. The molecular formula is C19H36N8O8. The molecule has 0 spiro atoms. The van der Waals surface area contributed by atoms with E-state index < -0.39 is 59.0 Å². The smallest absolute Gasteiger partial charge is 0.408 e. The van der Waals surface area contributed by atoms with Crippen LogP contribution in [0.25, 0.3) is 0 Å². The molecule has 16 heteroatoms. The quantitative estimate of drug-likeness (QED) is 0.0399. The number of guanidine groups is 1. The van der Waals surface area contributed by atoms with E-state index >= 15 is 0 Å². The predicted molar refractivity (Wildman–Crippen MR) is 123 cm³/mol. The average molecular weight is 505 g/mol. The van der Waals surface area contributed by atoms with Gasteiger partial charge in [-0.25, -0.2) is 25.4 Å². The molecule has 0 bridgehead atoms. The number of amides is 4. The van der Waals surface area contributed by atoms with Crippen LogP contribution in [0.1, 0.15) is 53.9 Å². The third kappa shape index (κ3) is 15.7. The first kappa shape index (κ1) is 31.3. The van der Waals surface area contributed by atoms with Gasteiger partial charge >= 0.3 is 6.09 Å². The van der Waals surface area contributed by atoms with Crippen molar-refractivity contribution < 1.29 is 34.2 Å². The molecule has 0 saturated heterocycles. The molecule has 0 saturated carbocycles. The number of nitro groups is 1. The largest absolute Gasteiger partial charge is 0.444 e.